The first-order valence-corrected chi connectivity index (χ1v) is 11.6. The van der Waals surface area contributed by atoms with Crippen LogP contribution in [0.1, 0.15) is 46.4 Å². The third kappa shape index (κ3) is 4.14. The largest absolute Gasteiger partial charge is 0.293 e. The highest BCUT2D eigenvalue weighted by atomic mass is 32.1. The Morgan fingerprint density at radius 2 is 1.61 bits per heavy atom. The second-order valence-electron chi connectivity index (χ2n) is 7.78. The smallest absolute Gasteiger partial charge is 0.261 e. The fraction of sp³-hybridized carbons (Fsp3) is 0.208. The average Bonchev–Trinajstić information content (AvgIpc) is 3.47. The van der Waals surface area contributed by atoms with Gasteiger partial charge in [-0.25, -0.2) is 4.52 Å². The average molecular weight is 460 g/mol. The molecule has 33 heavy (non-hydrogen) atoms. The van der Waals surface area contributed by atoms with Gasteiger partial charge in [-0.15, -0.1) is 16.4 Å². The molecule has 0 aliphatic carbocycles. The summed E-state index contributed by atoms with van der Waals surface area (Å²) in [7, 11) is 0. The number of carbonyl (C=O) groups excluding carboxylic acids is 3. The summed E-state index contributed by atoms with van der Waals surface area (Å²) in [5.74, 6) is -0.353. The molecule has 9 heteroatoms. The SMILES string of the molecule is O=C(CCCCCN1C(=O)c2ccccc2C1=O)Nc1nc2scc(-c3ccccc3)n2n1. The molecule has 2 aromatic carbocycles. The van der Waals surface area contributed by atoms with Crippen LogP contribution in [0, 0.1) is 0 Å². The Balaban J connectivity index is 1.10. The lowest BCUT2D eigenvalue weighted by atomic mass is 10.1. The lowest BCUT2D eigenvalue weighted by Crippen LogP contribution is -2.30. The van der Waals surface area contributed by atoms with E-state index >= 15 is 0 Å². The fourth-order valence-electron chi connectivity index (χ4n) is 3.90. The molecule has 0 saturated carbocycles. The number of benzene rings is 2. The van der Waals surface area contributed by atoms with Crippen LogP contribution in [0.25, 0.3) is 16.2 Å². The van der Waals surface area contributed by atoms with Gasteiger partial charge in [0, 0.05) is 23.9 Å². The summed E-state index contributed by atoms with van der Waals surface area (Å²) < 4.78 is 1.73. The molecule has 0 fully saturated rings. The van der Waals surface area contributed by atoms with Crippen LogP contribution in [0.3, 0.4) is 0 Å². The van der Waals surface area contributed by atoms with Gasteiger partial charge >= 0.3 is 0 Å². The number of imide groups is 1. The Bertz CT molecular complexity index is 1310. The van der Waals surface area contributed by atoms with E-state index in [0.29, 0.717) is 41.9 Å². The standard InChI is InChI=1S/C24H21N5O3S/c30-20(13-5-2-8-14-28-21(31)17-11-6-7-12-18(17)22(28)32)25-23-26-24-29(27-23)19(15-33-24)16-9-3-1-4-10-16/h1,3-4,6-7,9-12,15H,2,5,8,13-14H2,(H,25,27,30). The summed E-state index contributed by atoms with van der Waals surface area (Å²) in [6.45, 7) is 0.356. The summed E-state index contributed by atoms with van der Waals surface area (Å²) in [4.78, 5) is 43.5. The van der Waals surface area contributed by atoms with Crippen LogP contribution in [-0.2, 0) is 4.79 Å². The van der Waals surface area contributed by atoms with Crippen molar-refractivity contribution in [3.05, 3.63) is 71.1 Å². The van der Waals surface area contributed by atoms with Crippen LogP contribution < -0.4 is 5.32 Å². The predicted molar refractivity (Wildman–Crippen MR) is 125 cm³/mol. The molecule has 0 saturated heterocycles. The summed E-state index contributed by atoms with van der Waals surface area (Å²) in [6, 6.07) is 16.8. The molecule has 4 aromatic rings. The van der Waals surface area contributed by atoms with E-state index in [9.17, 15) is 14.4 Å². The quantitative estimate of drug-likeness (QED) is 0.314. The molecule has 3 amide bonds. The topological polar surface area (TPSA) is 96.7 Å². The second kappa shape index (κ2) is 8.95. The first-order chi connectivity index (χ1) is 16.1. The van der Waals surface area contributed by atoms with Crippen molar-refractivity contribution in [2.45, 2.75) is 25.7 Å². The van der Waals surface area contributed by atoms with Crippen molar-refractivity contribution in [1.82, 2.24) is 19.5 Å². The predicted octanol–water partition coefficient (Wildman–Crippen LogP) is 4.25. The summed E-state index contributed by atoms with van der Waals surface area (Å²) >= 11 is 1.47. The van der Waals surface area contributed by atoms with Crippen molar-refractivity contribution in [2.75, 3.05) is 11.9 Å². The summed E-state index contributed by atoms with van der Waals surface area (Å²) in [6.07, 6.45) is 2.34. The second-order valence-corrected chi connectivity index (χ2v) is 8.62. The first-order valence-electron chi connectivity index (χ1n) is 10.8. The van der Waals surface area contributed by atoms with Crippen molar-refractivity contribution >= 4 is 40.0 Å². The molecule has 1 aliphatic rings. The molecule has 0 unspecified atom stereocenters. The molecular formula is C24H21N5O3S. The molecule has 2 aromatic heterocycles. The van der Waals surface area contributed by atoms with Gasteiger partial charge in [-0.05, 0) is 25.0 Å². The highest BCUT2D eigenvalue weighted by Gasteiger charge is 2.34. The van der Waals surface area contributed by atoms with Gasteiger partial charge in [0.1, 0.15) is 0 Å². The Morgan fingerprint density at radius 1 is 0.909 bits per heavy atom. The number of carbonyl (C=O) groups is 3. The minimum Gasteiger partial charge on any atom is -0.293 e. The molecule has 0 bridgehead atoms. The van der Waals surface area contributed by atoms with E-state index in [-0.39, 0.29) is 23.7 Å². The van der Waals surface area contributed by atoms with Gasteiger partial charge in [0.05, 0.1) is 16.8 Å². The number of thiazole rings is 1. The molecule has 5 rings (SSSR count). The van der Waals surface area contributed by atoms with Crippen LogP contribution in [0.2, 0.25) is 0 Å². The molecule has 3 heterocycles. The monoisotopic (exact) mass is 459 g/mol. The van der Waals surface area contributed by atoms with Crippen molar-refractivity contribution in [2.24, 2.45) is 0 Å². The lowest BCUT2D eigenvalue weighted by molar-refractivity contribution is -0.116. The van der Waals surface area contributed by atoms with E-state index < -0.39 is 0 Å². The zero-order valence-electron chi connectivity index (χ0n) is 17.7. The zero-order valence-corrected chi connectivity index (χ0v) is 18.5. The number of rotatable bonds is 8. The van der Waals surface area contributed by atoms with Crippen molar-refractivity contribution < 1.29 is 14.4 Å². The van der Waals surface area contributed by atoms with Gasteiger partial charge in [-0.3, -0.25) is 24.6 Å². The third-order valence-electron chi connectivity index (χ3n) is 5.57. The Morgan fingerprint density at radius 3 is 2.33 bits per heavy atom. The highest BCUT2D eigenvalue weighted by Crippen LogP contribution is 2.26. The van der Waals surface area contributed by atoms with Gasteiger partial charge in [0.25, 0.3) is 11.8 Å². The van der Waals surface area contributed by atoms with Crippen LogP contribution >= 0.6 is 11.3 Å². The molecule has 1 N–H and O–H groups in total. The number of fused-ring (bicyclic) bond motifs is 2. The minimum atomic E-state index is -0.242. The third-order valence-corrected chi connectivity index (χ3v) is 6.38. The number of hydrogen-bond donors (Lipinski definition) is 1. The Labute approximate surface area is 193 Å². The molecular weight excluding hydrogens is 438 g/mol. The van der Waals surface area contributed by atoms with Gasteiger partial charge in [0.2, 0.25) is 16.8 Å². The number of anilines is 1. The van der Waals surface area contributed by atoms with Crippen LogP contribution in [0.5, 0.6) is 0 Å². The molecule has 8 nitrogen and oxygen atoms in total. The van der Waals surface area contributed by atoms with E-state index in [1.54, 1.807) is 28.8 Å². The number of nitrogens with one attached hydrogen (secondary N) is 1. The van der Waals surface area contributed by atoms with Crippen molar-refractivity contribution in [3.63, 3.8) is 0 Å². The van der Waals surface area contributed by atoms with E-state index in [2.05, 4.69) is 15.4 Å². The number of hydrogen-bond acceptors (Lipinski definition) is 6. The minimum absolute atomic E-state index is 0.157. The van der Waals surface area contributed by atoms with E-state index in [1.165, 1.54) is 16.2 Å². The lowest BCUT2D eigenvalue weighted by Gasteiger charge is -2.13. The van der Waals surface area contributed by atoms with E-state index in [4.69, 9.17) is 0 Å². The number of amides is 3. The van der Waals surface area contributed by atoms with Gasteiger partial charge in [-0.2, -0.15) is 4.98 Å². The van der Waals surface area contributed by atoms with Crippen LogP contribution in [0.15, 0.2) is 60.0 Å². The highest BCUT2D eigenvalue weighted by molar-refractivity contribution is 7.15. The molecule has 166 valence electrons. The summed E-state index contributed by atoms with van der Waals surface area (Å²) in [5, 5.41) is 9.18. The maximum absolute atomic E-state index is 12.4. The first kappa shape index (κ1) is 21.0. The maximum atomic E-state index is 12.4. The molecule has 1 aliphatic heterocycles. The number of unbranched alkanes of at least 4 members (excludes halogenated alkanes) is 2. The van der Waals surface area contributed by atoms with Crippen LogP contribution in [-0.4, -0.2) is 43.8 Å². The maximum Gasteiger partial charge on any atom is 0.261 e. The number of aromatic nitrogens is 3. The van der Waals surface area contributed by atoms with E-state index in [0.717, 1.165) is 17.7 Å². The Kier molecular flexibility index (Phi) is 5.70. The normalized spacial score (nSPS) is 13.0. The molecule has 0 radical (unpaired) electrons. The van der Waals surface area contributed by atoms with Crippen LogP contribution in [0.4, 0.5) is 5.95 Å². The van der Waals surface area contributed by atoms with Gasteiger partial charge in [0.15, 0.2) is 0 Å². The number of nitrogens with zero attached hydrogens (tertiary/aromatic N) is 4. The van der Waals surface area contributed by atoms with E-state index in [1.807, 2.05) is 35.7 Å². The Hall–Kier alpha value is -3.85. The van der Waals surface area contributed by atoms with Gasteiger partial charge in [-0.1, -0.05) is 48.9 Å². The van der Waals surface area contributed by atoms with Crippen molar-refractivity contribution in [1.29, 1.82) is 0 Å². The fourth-order valence-corrected chi connectivity index (χ4v) is 4.73. The van der Waals surface area contributed by atoms with Gasteiger partial charge < -0.3 is 0 Å². The van der Waals surface area contributed by atoms with Crippen molar-refractivity contribution in [3.8, 4) is 11.3 Å². The molecule has 0 spiro atoms. The molecule has 0 atom stereocenters. The summed E-state index contributed by atoms with van der Waals surface area (Å²) in [5.41, 5.74) is 2.89. The zero-order chi connectivity index (χ0) is 22.8.